The van der Waals surface area contributed by atoms with Crippen LogP contribution in [0.5, 0.6) is 5.75 Å². The van der Waals surface area contributed by atoms with Crippen molar-refractivity contribution in [3.05, 3.63) is 63.6 Å². The molecule has 2 nitrogen and oxygen atoms in total. The number of carbonyl (C=O) groups is 1. The van der Waals surface area contributed by atoms with E-state index in [1.165, 1.54) is 0 Å². The third-order valence-corrected chi connectivity index (χ3v) is 3.83. The Morgan fingerprint density at radius 3 is 2.38 bits per heavy atom. The van der Waals surface area contributed by atoms with E-state index in [2.05, 4.69) is 36.7 Å². The highest BCUT2D eigenvalue weighted by Crippen LogP contribution is 2.38. The van der Waals surface area contributed by atoms with Crippen molar-refractivity contribution in [3.8, 4) is 5.75 Å². The second-order valence-electron chi connectivity index (χ2n) is 6.02. The number of benzene rings is 2. The first kappa shape index (κ1) is 15.8. The minimum absolute atomic E-state index is 0.104. The van der Waals surface area contributed by atoms with E-state index in [9.17, 15) is 4.79 Å². The van der Waals surface area contributed by atoms with Gasteiger partial charge in [-0.25, -0.2) is 0 Å². The molecule has 0 aliphatic heterocycles. The third-order valence-electron chi connectivity index (χ3n) is 3.24. The predicted molar refractivity (Wildman–Crippen MR) is 89.0 cm³/mol. The summed E-state index contributed by atoms with van der Waals surface area (Å²) >= 11 is 3.52. The second kappa shape index (κ2) is 6.44. The minimum Gasteiger partial charge on any atom is -0.487 e. The van der Waals surface area contributed by atoms with Crippen LogP contribution in [0.15, 0.2) is 46.9 Å². The fourth-order valence-corrected chi connectivity index (χ4v) is 2.71. The Balaban J connectivity index is 2.35. The summed E-state index contributed by atoms with van der Waals surface area (Å²) in [6.07, 6.45) is 0.862. The normalized spacial score (nSPS) is 11.2. The lowest BCUT2D eigenvalue weighted by Gasteiger charge is -2.24. The molecule has 0 aromatic heterocycles. The summed E-state index contributed by atoms with van der Waals surface area (Å²) in [5, 5.41) is 0. The standard InChI is InChI=1S/C18H19BrO2/c1-18(2,3)15-9-14(11-20)10-16(19)17(15)21-12-13-7-5-4-6-8-13/h4-11H,12H2,1-3H3. The molecule has 2 aromatic rings. The lowest BCUT2D eigenvalue weighted by Crippen LogP contribution is -2.14. The van der Waals surface area contributed by atoms with Gasteiger partial charge in [-0.05, 0) is 39.0 Å². The highest BCUT2D eigenvalue weighted by Gasteiger charge is 2.22. The summed E-state index contributed by atoms with van der Waals surface area (Å²) in [4.78, 5) is 11.1. The van der Waals surface area contributed by atoms with Crippen LogP contribution < -0.4 is 4.74 Å². The Morgan fingerprint density at radius 1 is 1.14 bits per heavy atom. The summed E-state index contributed by atoms with van der Waals surface area (Å²) < 4.78 is 6.83. The van der Waals surface area contributed by atoms with Gasteiger partial charge in [-0.1, -0.05) is 51.1 Å². The van der Waals surface area contributed by atoms with Crippen LogP contribution in [0.1, 0.15) is 42.3 Å². The van der Waals surface area contributed by atoms with Crippen molar-refractivity contribution in [1.29, 1.82) is 0 Å². The van der Waals surface area contributed by atoms with Crippen LogP contribution in [-0.2, 0) is 12.0 Å². The van der Waals surface area contributed by atoms with E-state index in [4.69, 9.17) is 4.74 Å². The van der Waals surface area contributed by atoms with Gasteiger partial charge < -0.3 is 4.74 Å². The van der Waals surface area contributed by atoms with Crippen LogP contribution in [0.25, 0.3) is 0 Å². The molecule has 0 N–H and O–H groups in total. The van der Waals surface area contributed by atoms with Crippen LogP contribution in [0.2, 0.25) is 0 Å². The maximum Gasteiger partial charge on any atom is 0.150 e. The molecule has 0 bridgehead atoms. The Hall–Kier alpha value is -1.61. The highest BCUT2D eigenvalue weighted by molar-refractivity contribution is 9.10. The lowest BCUT2D eigenvalue weighted by molar-refractivity contribution is 0.112. The van der Waals surface area contributed by atoms with Gasteiger partial charge in [0, 0.05) is 11.1 Å². The Kier molecular flexibility index (Phi) is 4.84. The number of rotatable bonds is 4. The molecule has 0 heterocycles. The Labute approximate surface area is 134 Å². The van der Waals surface area contributed by atoms with Crippen molar-refractivity contribution >= 4 is 22.2 Å². The molecule has 2 rings (SSSR count). The summed E-state index contributed by atoms with van der Waals surface area (Å²) in [6, 6.07) is 13.7. The molecule has 0 amide bonds. The number of hydrogen-bond donors (Lipinski definition) is 0. The van der Waals surface area contributed by atoms with E-state index in [1.54, 1.807) is 6.07 Å². The molecule has 0 saturated carbocycles. The van der Waals surface area contributed by atoms with Gasteiger partial charge in [-0.3, -0.25) is 4.79 Å². The van der Waals surface area contributed by atoms with E-state index in [-0.39, 0.29) is 5.41 Å². The molecule has 0 spiro atoms. The quantitative estimate of drug-likeness (QED) is 0.716. The van der Waals surface area contributed by atoms with Crippen molar-refractivity contribution in [2.24, 2.45) is 0 Å². The number of halogens is 1. The van der Waals surface area contributed by atoms with E-state index < -0.39 is 0 Å². The first-order valence-electron chi connectivity index (χ1n) is 6.88. The molecular formula is C18H19BrO2. The molecule has 0 atom stereocenters. The molecule has 2 aromatic carbocycles. The Bertz CT molecular complexity index is 628. The number of aldehydes is 1. The molecule has 0 fully saturated rings. The van der Waals surface area contributed by atoms with Gasteiger partial charge in [0.2, 0.25) is 0 Å². The minimum atomic E-state index is -0.104. The van der Waals surface area contributed by atoms with Crippen molar-refractivity contribution in [1.82, 2.24) is 0 Å². The molecule has 21 heavy (non-hydrogen) atoms. The SMILES string of the molecule is CC(C)(C)c1cc(C=O)cc(Br)c1OCc1ccccc1. The monoisotopic (exact) mass is 346 g/mol. The summed E-state index contributed by atoms with van der Waals surface area (Å²) in [5.41, 5.74) is 2.69. The van der Waals surface area contributed by atoms with Crippen molar-refractivity contribution < 1.29 is 9.53 Å². The van der Waals surface area contributed by atoms with Gasteiger partial charge in [-0.15, -0.1) is 0 Å². The summed E-state index contributed by atoms with van der Waals surface area (Å²) in [7, 11) is 0. The van der Waals surface area contributed by atoms with Gasteiger partial charge in [-0.2, -0.15) is 0 Å². The van der Waals surface area contributed by atoms with Gasteiger partial charge in [0.1, 0.15) is 18.6 Å². The summed E-state index contributed by atoms with van der Waals surface area (Å²) in [5.74, 6) is 0.803. The largest absolute Gasteiger partial charge is 0.487 e. The molecule has 110 valence electrons. The van der Waals surface area contributed by atoms with Crippen molar-refractivity contribution in [3.63, 3.8) is 0 Å². The van der Waals surface area contributed by atoms with Crippen molar-refractivity contribution in [2.45, 2.75) is 32.8 Å². The zero-order chi connectivity index (χ0) is 15.5. The fourth-order valence-electron chi connectivity index (χ4n) is 2.12. The zero-order valence-electron chi connectivity index (χ0n) is 12.5. The second-order valence-corrected chi connectivity index (χ2v) is 6.88. The molecule has 0 aliphatic rings. The van der Waals surface area contributed by atoms with Crippen LogP contribution >= 0.6 is 15.9 Å². The lowest BCUT2D eigenvalue weighted by atomic mass is 9.85. The first-order valence-corrected chi connectivity index (χ1v) is 7.67. The smallest absolute Gasteiger partial charge is 0.150 e. The van der Waals surface area contributed by atoms with Gasteiger partial charge >= 0.3 is 0 Å². The van der Waals surface area contributed by atoms with E-state index >= 15 is 0 Å². The van der Waals surface area contributed by atoms with Gasteiger partial charge in [0.05, 0.1) is 4.47 Å². The highest BCUT2D eigenvalue weighted by atomic mass is 79.9. The van der Waals surface area contributed by atoms with Crippen LogP contribution in [0.3, 0.4) is 0 Å². The van der Waals surface area contributed by atoms with E-state index in [0.717, 1.165) is 27.6 Å². The predicted octanol–water partition coefficient (Wildman–Crippen LogP) is 5.14. The van der Waals surface area contributed by atoms with Crippen LogP contribution in [0.4, 0.5) is 0 Å². The molecule has 3 heteroatoms. The van der Waals surface area contributed by atoms with E-state index in [1.807, 2.05) is 36.4 Å². The average molecular weight is 347 g/mol. The zero-order valence-corrected chi connectivity index (χ0v) is 14.1. The van der Waals surface area contributed by atoms with E-state index in [0.29, 0.717) is 12.2 Å². The molecule has 0 aliphatic carbocycles. The Morgan fingerprint density at radius 2 is 1.81 bits per heavy atom. The van der Waals surface area contributed by atoms with Crippen LogP contribution in [0, 0.1) is 0 Å². The maximum absolute atomic E-state index is 11.1. The van der Waals surface area contributed by atoms with Gasteiger partial charge in [0.25, 0.3) is 0 Å². The molecular weight excluding hydrogens is 328 g/mol. The molecule has 0 unspecified atom stereocenters. The maximum atomic E-state index is 11.1. The average Bonchev–Trinajstić information content (AvgIpc) is 2.45. The van der Waals surface area contributed by atoms with Crippen LogP contribution in [-0.4, -0.2) is 6.29 Å². The third kappa shape index (κ3) is 3.94. The van der Waals surface area contributed by atoms with Gasteiger partial charge in [0.15, 0.2) is 0 Å². The number of ether oxygens (including phenoxy) is 1. The fraction of sp³-hybridized carbons (Fsp3) is 0.278. The number of carbonyl (C=O) groups excluding carboxylic acids is 1. The first-order chi connectivity index (χ1) is 9.91. The molecule has 0 radical (unpaired) electrons. The summed E-state index contributed by atoms with van der Waals surface area (Å²) in [6.45, 7) is 6.83. The van der Waals surface area contributed by atoms with Crippen molar-refractivity contribution in [2.75, 3.05) is 0 Å². The molecule has 0 saturated heterocycles. The topological polar surface area (TPSA) is 26.3 Å². The number of hydrogen-bond acceptors (Lipinski definition) is 2.